The van der Waals surface area contributed by atoms with Crippen molar-refractivity contribution in [1.29, 1.82) is 0 Å². The van der Waals surface area contributed by atoms with Crippen molar-refractivity contribution in [2.45, 2.75) is 51.0 Å². The number of nitrogens with two attached hydrogens (primary N) is 1. The second-order valence-electron chi connectivity index (χ2n) is 9.58. The van der Waals surface area contributed by atoms with E-state index in [9.17, 15) is 24.3 Å². The number of phenolic OH excluding ortho intramolecular Hbond substituents is 1. The van der Waals surface area contributed by atoms with Gasteiger partial charge in [-0.1, -0.05) is 72.8 Å². The second kappa shape index (κ2) is 16.9. The van der Waals surface area contributed by atoms with E-state index in [1.807, 2.05) is 48.5 Å². The molecule has 0 unspecified atom stereocenters. The van der Waals surface area contributed by atoms with Gasteiger partial charge in [-0.15, -0.1) is 0 Å². The Morgan fingerprint density at radius 3 is 1.83 bits per heavy atom. The number of hydrogen-bond donors (Lipinski definition) is 5. The van der Waals surface area contributed by atoms with Crippen molar-refractivity contribution in [2.24, 2.45) is 5.73 Å². The molecule has 4 amide bonds. The molecule has 6 N–H and O–H groups in total. The van der Waals surface area contributed by atoms with Crippen LogP contribution >= 0.6 is 0 Å². The molecule has 11 heteroatoms. The highest BCUT2D eigenvalue weighted by atomic mass is 16.6. The monoisotopic (exact) mass is 576 g/mol. The smallest absolute Gasteiger partial charge is 0.408 e. The lowest BCUT2D eigenvalue weighted by Gasteiger charge is -2.22. The molecule has 0 spiro atoms. The van der Waals surface area contributed by atoms with Crippen molar-refractivity contribution >= 4 is 24.0 Å². The van der Waals surface area contributed by atoms with Crippen molar-refractivity contribution < 1.29 is 33.8 Å². The molecule has 0 bridgehead atoms. The third-order valence-corrected chi connectivity index (χ3v) is 6.26. The Labute approximate surface area is 244 Å². The summed E-state index contributed by atoms with van der Waals surface area (Å²) in [4.78, 5) is 49.8. The molecule has 2 atom stereocenters. The second-order valence-corrected chi connectivity index (χ2v) is 9.58. The summed E-state index contributed by atoms with van der Waals surface area (Å²) < 4.78 is 10.5. The van der Waals surface area contributed by atoms with Gasteiger partial charge in [-0.2, -0.15) is 0 Å². The molecule has 0 saturated heterocycles. The standard InChI is InChI=1S/C31H36N4O7/c32-28(37)27(19-22-14-16-25(36)17-15-22)34-29(38)26(35-31(40)42-21-24-11-5-2-6-12-24)13-7-8-18-33-30(39)41-20-23-9-3-1-4-10-23/h1-6,9-12,14-17,26-27,36H,7-8,13,18-21H2,(H2,32,37)(H,33,39)(H,34,38)(H,35,40)/t26-,27+/m0/s1. The Hall–Kier alpha value is -5.06. The zero-order valence-electron chi connectivity index (χ0n) is 23.2. The molecule has 0 radical (unpaired) electrons. The Balaban J connectivity index is 1.52. The maximum atomic E-state index is 13.2. The maximum Gasteiger partial charge on any atom is 0.408 e. The van der Waals surface area contributed by atoms with Crippen LogP contribution in [0.1, 0.15) is 36.0 Å². The number of alkyl carbamates (subject to hydrolysis) is 2. The minimum Gasteiger partial charge on any atom is -0.508 e. The Morgan fingerprint density at radius 2 is 1.26 bits per heavy atom. The van der Waals surface area contributed by atoms with Gasteiger partial charge in [0, 0.05) is 13.0 Å². The Morgan fingerprint density at radius 1 is 0.690 bits per heavy atom. The van der Waals surface area contributed by atoms with Gasteiger partial charge >= 0.3 is 12.2 Å². The highest BCUT2D eigenvalue weighted by Crippen LogP contribution is 2.12. The third-order valence-electron chi connectivity index (χ3n) is 6.26. The molecule has 222 valence electrons. The first-order valence-electron chi connectivity index (χ1n) is 13.6. The van der Waals surface area contributed by atoms with E-state index in [0.717, 1.165) is 11.1 Å². The number of hydrogen-bond acceptors (Lipinski definition) is 7. The zero-order valence-corrected chi connectivity index (χ0v) is 23.2. The molecule has 0 aliphatic carbocycles. The van der Waals surface area contributed by atoms with E-state index in [0.29, 0.717) is 24.9 Å². The SMILES string of the molecule is NC(=O)[C@@H](Cc1ccc(O)cc1)NC(=O)[C@H](CCCCNC(=O)OCc1ccccc1)NC(=O)OCc1ccccc1. The van der Waals surface area contributed by atoms with Crippen LogP contribution in [-0.4, -0.2) is 47.7 Å². The largest absolute Gasteiger partial charge is 0.508 e. The fourth-order valence-electron chi connectivity index (χ4n) is 3.98. The van der Waals surface area contributed by atoms with E-state index in [-0.39, 0.29) is 31.8 Å². The van der Waals surface area contributed by atoms with Gasteiger partial charge in [-0.05, 0) is 48.1 Å². The minimum atomic E-state index is -1.05. The van der Waals surface area contributed by atoms with Gasteiger partial charge in [-0.25, -0.2) is 9.59 Å². The van der Waals surface area contributed by atoms with Gasteiger partial charge in [0.05, 0.1) is 0 Å². The number of phenols is 1. The van der Waals surface area contributed by atoms with Gasteiger partial charge < -0.3 is 36.3 Å². The van der Waals surface area contributed by atoms with E-state index in [1.165, 1.54) is 12.1 Å². The Kier molecular flexibility index (Phi) is 12.7. The first kappa shape index (κ1) is 31.5. The number of rotatable bonds is 15. The summed E-state index contributed by atoms with van der Waals surface area (Å²) in [6, 6.07) is 22.5. The third kappa shape index (κ3) is 11.6. The number of benzene rings is 3. The number of aromatic hydroxyl groups is 1. The molecule has 11 nitrogen and oxygen atoms in total. The van der Waals surface area contributed by atoms with E-state index in [1.54, 1.807) is 24.3 Å². The number of carbonyl (C=O) groups is 4. The predicted molar refractivity (Wildman–Crippen MR) is 155 cm³/mol. The van der Waals surface area contributed by atoms with Gasteiger partial charge in [-0.3, -0.25) is 9.59 Å². The number of ether oxygens (including phenoxy) is 2. The molecule has 0 saturated carbocycles. The maximum absolute atomic E-state index is 13.2. The molecule has 3 aromatic carbocycles. The van der Waals surface area contributed by atoms with Crippen LogP contribution in [0.25, 0.3) is 0 Å². The van der Waals surface area contributed by atoms with Crippen LogP contribution in [0, 0.1) is 0 Å². The molecule has 0 heterocycles. The van der Waals surface area contributed by atoms with E-state index >= 15 is 0 Å². The van der Waals surface area contributed by atoms with E-state index in [4.69, 9.17) is 15.2 Å². The first-order valence-corrected chi connectivity index (χ1v) is 13.6. The predicted octanol–water partition coefficient (Wildman–Crippen LogP) is 3.30. The topological polar surface area (TPSA) is 169 Å². The van der Waals surface area contributed by atoms with Crippen LogP contribution in [-0.2, 0) is 38.7 Å². The molecular weight excluding hydrogens is 540 g/mol. The lowest BCUT2D eigenvalue weighted by Crippen LogP contribution is -2.53. The molecule has 0 fully saturated rings. The fraction of sp³-hybridized carbons (Fsp3) is 0.290. The van der Waals surface area contributed by atoms with E-state index in [2.05, 4.69) is 16.0 Å². The molecule has 0 aliphatic heterocycles. The van der Waals surface area contributed by atoms with Crippen molar-refractivity contribution in [2.75, 3.05) is 6.54 Å². The highest BCUT2D eigenvalue weighted by molar-refractivity contribution is 5.90. The average Bonchev–Trinajstić information content (AvgIpc) is 3.00. The summed E-state index contributed by atoms with van der Waals surface area (Å²) in [6.07, 6.45) is -0.100. The van der Waals surface area contributed by atoms with Gasteiger partial charge in [0.25, 0.3) is 0 Å². The van der Waals surface area contributed by atoms with Crippen LogP contribution in [0.2, 0.25) is 0 Å². The summed E-state index contributed by atoms with van der Waals surface area (Å²) in [5.74, 6) is -1.29. The van der Waals surface area contributed by atoms with Crippen LogP contribution in [0.5, 0.6) is 5.75 Å². The van der Waals surface area contributed by atoms with Gasteiger partial charge in [0.1, 0.15) is 31.0 Å². The summed E-state index contributed by atoms with van der Waals surface area (Å²) in [7, 11) is 0. The zero-order chi connectivity index (χ0) is 30.2. The van der Waals surface area contributed by atoms with Crippen molar-refractivity contribution in [3.63, 3.8) is 0 Å². The fourth-order valence-corrected chi connectivity index (χ4v) is 3.98. The molecule has 0 aromatic heterocycles. The molecule has 3 aromatic rings. The molecule has 42 heavy (non-hydrogen) atoms. The number of unbranched alkanes of at least 4 members (excludes halogenated alkanes) is 1. The van der Waals surface area contributed by atoms with Crippen molar-refractivity contribution in [1.82, 2.24) is 16.0 Å². The normalized spacial score (nSPS) is 11.9. The summed E-state index contributed by atoms with van der Waals surface area (Å²) >= 11 is 0. The first-order chi connectivity index (χ1) is 20.3. The lowest BCUT2D eigenvalue weighted by atomic mass is 10.0. The summed E-state index contributed by atoms with van der Waals surface area (Å²) in [5, 5.41) is 17.3. The van der Waals surface area contributed by atoms with Crippen LogP contribution in [0.4, 0.5) is 9.59 Å². The lowest BCUT2D eigenvalue weighted by molar-refractivity contribution is -0.128. The molecule has 0 aliphatic rings. The van der Waals surface area contributed by atoms with Crippen LogP contribution in [0.15, 0.2) is 84.9 Å². The quantitative estimate of drug-likeness (QED) is 0.173. The highest BCUT2D eigenvalue weighted by Gasteiger charge is 2.26. The van der Waals surface area contributed by atoms with Gasteiger partial charge in [0.15, 0.2) is 0 Å². The van der Waals surface area contributed by atoms with Gasteiger partial charge in [0.2, 0.25) is 11.8 Å². The summed E-state index contributed by atoms with van der Waals surface area (Å²) in [6.45, 7) is 0.459. The van der Waals surface area contributed by atoms with Crippen LogP contribution in [0.3, 0.4) is 0 Å². The van der Waals surface area contributed by atoms with Crippen molar-refractivity contribution in [3.8, 4) is 5.75 Å². The van der Waals surface area contributed by atoms with Crippen LogP contribution < -0.4 is 21.7 Å². The number of amides is 4. The number of nitrogens with one attached hydrogen (secondary N) is 3. The van der Waals surface area contributed by atoms with Crippen molar-refractivity contribution in [3.05, 3.63) is 102 Å². The average molecular weight is 577 g/mol. The molecular formula is C31H36N4O7. The minimum absolute atomic E-state index is 0.0147. The number of primary amides is 1. The Bertz CT molecular complexity index is 1290. The summed E-state index contributed by atoms with van der Waals surface area (Å²) in [5.41, 5.74) is 7.86. The van der Waals surface area contributed by atoms with E-state index < -0.39 is 36.1 Å². The number of carbonyl (C=O) groups excluding carboxylic acids is 4. The molecule has 3 rings (SSSR count).